The zero-order valence-corrected chi connectivity index (χ0v) is 52.7. The van der Waals surface area contributed by atoms with E-state index in [0.29, 0.717) is 12.8 Å². The van der Waals surface area contributed by atoms with Gasteiger partial charge in [0.05, 0.1) is 32.0 Å². The second-order valence-electron chi connectivity index (χ2n) is 22.5. The molecule has 0 aromatic carbocycles. The lowest BCUT2D eigenvalue weighted by atomic mass is 9.97. The lowest BCUT2D eigenvalue weighted by Gasteiger charge is -2.46. The number of allylic oxidation sites excluding steroid dienone is 23. The van der Waals surface area contributed by atoms with E-state index in [-0.39, 0.29) is 18.9 Å². The normalized spacial score (nSPS) is 24.4. The van der Waals surface area contributed by atoms with E-state index in [4.69, 9.17) is 18.9 Å². The summed E-state index contributed by atoms with van der Waals surface area (Å²) in [6.07, 6.45) is 66.0. The predicted octanol–water partition coefficient (Wildman–Crippen LogP) is 12.9. The van der Waals surface area contributed by atoms with Crippen LogP contribution in [0.25, 0.3) is 0 Å². The third kappa shape index (κ3) is 39.0. The Hall–Kier alpha value is -4.13. The topological polar surface area (TPSA) is 228 Å². The number of rotatable bonds is 51. The average Bonchev–Trinajstić information content (AvgIpc) is 2.63. The third-order valence-electron chi connectivity index (χ3n) is 15.0. The first-order valence-electron chi connectivity index (χ1n) is 33.1. The van der Waals surface area contributed by atoms with Gasteiger partial charge in [0.1, 0.15) is 48.8 Å². The van der Waals surface area contributed by atoms with Crippen LogP contribution in [0.15, 0.2) is 146 Å². The molecule has 0 saturated carbocycles. The number of carbonyl (C=O) groups is 1. The molecule has 0 aromatic rings. The van der Waals surface area contributed by atoms with Crippen LogP contribution in [-0.2, 0) is 23.7 Å². The summed E-state index contributed by atoms with van der Waals surface area (Å²) in [6, 6.07) is -0.961. The highest BCUT2D eigenvalue weighted by molar-refractivity contribution is 5.76. The van der Waals surface area contributed by atoms with Crippen molar-refractivity contribution in [2.45, 2.75) is 280 Å². The van der Waals surface area contributed by atoms with Crippen LogP contribution >= 0.6 is 0 Å². The van der Waals surface area contributed by atoms with Crippen molar-refractivity contribution in [1.82, 2.24) is 5.32 Å². The Morgan fingerprint density at radius 3 is 1.28 bits per heavy atom. The standard InChI is InChI=1S/C72H117NO13/c1-3-5-7-9-11-13-15-17-19-21-23-24-25-26-27-28-29-30-31-32-33-34-35-36-38-40-42-44-46-48-50-52-54-56-64(77)73-60(61(76)55-53-51-49-47-45-43-41-39-37-22-20-18-16-14-12-10-8-6-4-2)59-83-71-69(82)67(80)70(63(58-75)85-71)86-72-68(81)66(79)65(78)62(57-74)84-72/h5,7,11,13,17,19,23-24,26-27,29-30,32-33,35-37,39-40,42,45,47,53,55,60-63,65-72,74-76,78-82H,3-4,6,8-10,12,14-16,18,20-22,25,28,31,34,38,41,43-44,46,48-52,54,56-59H2,1-2H3,(H,73,77)/b7-5-,13-11-,19-17-,24-23-,27-26-,30-29-,33-32-,36-35-,39-37+,42-40-,47-45+,55-53+. The molecule has 2 fully saturated rings. The molecule has 2 aliphatic rings. The van der Waals surface area contributed by atoms with Crippen molar-refractivity contribution < 1.29 is 64.6 Å². The van der Waals surface area contributed by atoms with Crippen LogP contribution in [0, 0.1) is 0 Å². The summed E-state index contributed by atoms with van der Waals surface area (Å²) in [4.78, 5) is 13.3. The molecule has 14 heteroatoms. The van der Waals surface area contributed by atoms with E-state index < -0.39 is 86.8 Å². The monoisotopic (exact) mass is 1200 g/mol. The number of carbonyl (C=O) groups excluding carboxylic acids is 1. The summed E-state index contributed by atoms with van der Waals surface area (Å²) in [7, 11) is 0. The van der Waals surface area contributed by atoms with Gasteiger partial charge in [-0.05, 0) is 116 Å². The first-order chi connectivity index (χ1) is 42.1. The Balaban J connectivity index is 1.74. The van der Waals surface area contributed by atoms with Gasteiger partial charge in [-0.2, -0.15) is 0 Å². The van der Waals surface area contributed by atoms with Crippen LogP contribution in [0.2, 0.25) is 0 Å². The molecule has 488 valence electrons. The van der Waals surface area contributed by atoms with Crippen LogP contribution in [-0.4, -0.2) is 140 Å². The van der Waals surface area contributed by atoms with Crippen molar-refractivity contribution in [1.29, 1.82) is 0 Å². The molecule has 2 rings (SSSR count). The van der Waals surface area contributed by atoms with Crippen molar-refractivity contribution in [3.63, 3.8) is 0 Å². The first kappa shape index (κ1) is 78.0. The average molecular weight is 1200 g/mol. The van der Waals surface area contributed by atoms with Crippen molar-refractivity contribution in [2.75, 3.05) is 19.8 Å². The van der Waals surface area contributed by atoms with E-state index in [9.17, 15) is 45.6 Å². The summed E-state index contributed by atoms with van der Waals surface area (Å²) in [5, 5.41) is 87.2. The van der Waals surface area contributed by atoms with Gasteiger partial charge in [-0.1, -0.05) is 230 Å². The van der Waals surface area contributed by atoms with Gasteiger partial charge in [-0.3, -0.25) is 4.79 Å². The minimum Gasteiger partial charge on any atom is -0.394 e. The Labute approximate surface area is 519 Å². The van der Waals surface area contributed by atoms with Gasteiger partial charge in [-0.25, -0.2) is 0 Å². The molecule has 2 aliphatic heterocycles. The molecule has 1 amide bonds. The van der Waals surface area contributed by atoms with Crippen molar-refractivity contribution >= 4 is 5.91 Å². The lowest BCUT2D eigenvalue weighted by molar-refractivity contribution is -0.359. The van der Waals surface area contributed by atoms with E-state index in [1.807, 2.05) is 6.08 Å². The summed E-state index contributed by atoms with van der Waals surface area (Å²) < 4.78 is 22.8. The molecule has 0 aromatic heterocycles. The van der Waals surface area contributed by atoms with E-state index >= 15 is 0 Å². The fraction of sp³-hybridized carbons (Fsp3) is 0.653. The fourth-order valence-electron chi connectivity index (χ4n) is 9.73. The molecule has 86 heavy (non-hydrogen) atoms. The van der Waals surface area contributed by atoms with Crippen LogP contribution in [0.3, 0.4) is 0 Å². The van der Waals surface area contributed by atoms with Gasteiger partial charge < -0.3 is 65.1 Å². The maximum Gasteiger partial charge on any atom is 0.220 e. The molecule has 14 nitrogen and oxygen atoms in total. The van der Waals surface area contributed by atoms with Crippen LogP contribution in [0.5, 0.6) is 0 Å². The predicted molar refractivity (Wildman–Crippen MR) is 350 cm³/mol. The summed E-state index contributed by atoms with van der Waals surface area (Å²) in [5.41, 5.74) is 0. The summed E-state index contributed by atoms with van der Waals surface area (Å²) >= 11 is 0. The third-order valence-corrected chi connectivity index (χ3v) is 15.0. The van der Waals surface area contributed by atoms with E-state index in [2.05, 4.69) is 153 Å². The van der Waals surface area contributed by atoms with Crippen molar-refractivity contribution in [2.24, 2.45) is 0 Å². The number of nitrogens with one attached hydrogen (secondary N) is 1. The Kier molecular flexibility index (Phi) is 49.8. The molecule has 9 N–H and O–H groups in total. The zero-order valence-electron chi connectivity index (χ0n) is 52.7. The first-order valence-corrected chi connectivity index (χ1v) is 33.1. The highest BCUT2D eigenvalue weighted by Gasteiger charge is 2.51. The van der Waals surface area contributed by atoms with E-state index in [1.54, 1.807) is 6.08 Å². The smallest absolute Gasteiger partial charge is 0.220 e. The van der Waals surface area contributed by atoms with E-state index in [1.165, 1.54) is 57.8 Å². The number of aliphatic hydroxyl groups is 8. The number of ether oxygens (including phenoxy) is 4. The fourth-order valence-corrected chi connectivity index (χ4v) is 9.73. The Morgan fingerprint density at radius 1 is 0.430 bits per heavy atom. The number of aliphatic hydroxyl groups excluding tert-OH is 8. The highest BCUT2D eigenvalue weighted by Crippen LogP contribution is 2.30. The van der Waals surface area contributed by atoms with Gasteiger partial charge in [0.15, 0.2) is 12.6 Å². The van der Waals surface area contributed by atoms with Gasteiger partial charge in [0, 0.05) is 6.42 Å². The maximum absolute atomic E-state index is 13.3. The summed E-state index contributed by atoms with van der Waals surface area (Å²) in [5.74, 6) is -0.279. The van der Waals surface area contributed by atoms with Gasteiger partial charge in [-0.15, -0.1) is 0 Å². The number of amides is 1. The van der Waals surface area contributed by atoms with Gasteiger partial charge in [0.2, 0.25) is 5.91 Å². The molecular formula is C72H117NO13. The molecule has 0 bridgehead atoms. The molecule has 0 radical (unpaired) electrons. The lowest BCUT2D eigenvalue weighted by Crippen LogP contribution is -2.65. The maximum atomic E-state index is 13.3. The van der Waals surface area contributed by atoms with Crippen LogP contribution in [0.1, 0.15) is 206 Å². The largest absolute Gasteiger partial charge is 0.394 e. The molecule has 2 heterocycles. The number of hydrogen-bond donors (Lipinski definition) is 9. The molecule has 12 atom stereocenters. The SMILES string of the molecule is CC/C=C\C/C=C\C/C=C\C/C=C\C/C=C\C/C=C\C/C=C\C/C=C\C/C=C\CCCCCCCC(=O)NC(COC1OC(CO)C(OC2OC(CO)C(O)C(O)C2O)C(O)C1O)C(O)/C=C/CC/C=C/CC/C=C/CCCCCCCCCCC. The van der Waals surface area contributed by atoms with Gasteiger partial charge >= 0.3 is 0 Å². The minimum atomic E-state index is -1.80. The second kappa shape index (κ2) is 55.0. The summed E-state index contributed by atoms with van der Waals surface area (Å²) in [6.45, 7) is 2.63. The molecule has 0 aliphatic carbocycles. The molecule has 0 spiro atoms. The Morgan fingerprint density at radius 2 is 0.814 bits per heavy atom. The quantitative estimate of drug-likeness (QED) is 0.0204. The molecular weight excluding hydrogens is 1090 g/mol. The highest BCUT2D eigenvalue weighted by atomic mass is 16.7. The minimum absolute atomic E-state index is 0.237. The number of hydrogen-bond acceptors (Lipinski definition) is 13. The van der Waals surface area contributed by atoms with Crippen LogP contribution < -0.4 is 5.32 Å². The second-order valence-corrected chi connectivity index (χ2v) is 22.5. The zero-order chi connectivity index (χ0) is 62.3. The molecule has 12 unspecified atom stereocenters. The van der Waals surface area contributed by atoms with E-state index in [0.717, 1.165) is 116 Å². The van der Waals surface area contributed by atoms with Crippen molar-refractivity contribution in [3.05, 3.63) is 146 Å². The van der Waals surface area contributed by atoms with Gasteiger partial charge in [0.25, 0.3) is 0 Å². The molecule has 2 saturated heterocycles. The Bertz CT molecular complexity index is 2000. The van der Waals surface area contributed by atoms with Crippen molar-refractivity contribution in [3.8, 4) is 0 Å². The number of unbranched alkanes of at least 4 members (excludes halogenated alkanes) is 16. The van der Waals surface area contributed by atoms with Crippen LogP contribution in [0.4, 0.5) is 0 Å².